The van der Waals surface area contributed by atoms with Crippen LogP contribution in [0.5, 0.6) is 0 Å². The number of aliphatic imine (C=N–C) groups is 2. The van der Waals surface area contributed by atoms with Gasteiger partial charge in [0.2, 0.25) is 11.5 Å². The summed E-state index contributed by atoms with van der Waals surface area (Å²) in [5.74, 6) is 0.370. The molecule has 22 heavy (non-hydrogen) atoms. The summed E-state index contributed by atoms with van der Waals surface area (Å²) in [5, 5.41) is 3.20. The topological polar surface area (TPSA) is 77.1 Å². The Morgan fingerprint density at radius 1 is 1.18 bits per heavy atom. The average molecular weight is 298 g/mol. The number of imide groups is 1. The number of carbonyl (C=O) groups excluding carboxylic acids is 2. The zero-order valence-electron chi connectivity index (χ0n) is 12.6. The molecule has 7 nitrogen and oxygen atoms in total. The fourth-order valence-corrected chi connectivity index (χ4v) is 2.25. The second-order valence-corrected chi connectivity index (χ2v) is 5.24. The summed E-state index contributed by atoms with van der Waals surface area (Å²) < 4.78 is 1.33. The molecule has 0 radical (unpaired) electrons. The van der Waals surface area contributed by atoms with Gasteiger partial charge in [-0.3, -0.25) is 0 Å². The molecular formula is C15H16N5O2+. The standard InChI is InChI=1S/C15H16N5O2/c1-9-4-6-10(7-5-9)16-8-11-17-12-13(18-11)19(2)15(22)20(3)14(12)21/h4-7,16H,8H2,1-3H3/q+1. The van der Waals surface area contributed by atoms with Crippen molar-refractivity contribution in [1.82, 2.24) is 4.90 Å². The molecule has 0 unspecified atom stereocenters. The van der Waals surface area contributed by atoms with Crippen LogP contribution in [0.4, 0.5) is 10.5 Å². The van der Waals surface area contributed by atoms with Gasteiger partial charge in [-0.25, -0.2) is 14.6 Å². The van der Waals surface area contributed by atoms with E-state index in [1.54, 1.807) is 7.05 Å². The minimum Gasteiger partial charge on any atom is -0.376 e. The molecule has 2 heterocycles. The molecule has 0 aromatic heterocycles. The van der Waals surface area contributed by atoms with Crippen LogP contribution in [0.3, 0.4) is 0 Å². The van der Waals surface area contributed by atoms with Crippen molar-refractivity contribution in [2.75, 3.05) is 26.0 Å². The largest absolute Gasteiger partial charge is 0.446 e. The predicted octanol–water partition coefficient (Wildman–Crippen LogP) is 0.893. The van der Waals surface area contributed by atoms with Gasteiger partial charge in [0.1, 0.15) is 0 Å². The Kier molecular flexibility index (Phi) is 3.32. The lowest BCUT2D eigenvalue weighted by Gasteiger charge is -2.15. The smallest absolute Gasteiger partial charge is 0.376 e. The Labute approximate surface area is 127 Å². The molecular weight excluding hydrogens is 282 g/mol. The van der Waals surface area contributed by atoms with E-state index in [9.17, 15) is 9.59 Å². The fourth-order valence-electron chi connectivity index (χ4n) is 2.25. The zero-order valence-corrected chi connectivity index (χ0v) is 12.6. The Hall–Kier alpha value is -2.83. The van der Waals surface area contributed by atoms with Gasteiger partial charge in [0.15, 0.2) is 0 Å². The van der Waals surface area contributed by atoms with Gasteiger partial charge in [-0.1, -0.05) is 22.7 Å². The molecule has 0 aliphatic carbocycles. The molecule has 0 spiro atoms. The highest BCUT2D eigenvalue weighted by Gasteiger charge is 2.44. The van der Waals surface area contributed by atoms with Crippen LogP contribution in [-0.4, -0.2) is 59.4 Å². The number of nitrogens with one attached hydrogen (secondary N) is 1. The second-order valence-electron chi connectivity index (χ2n) is 5.24. The third kappa shape index (κ3) is 2.30. The number of hydrogen-bond acceptors (Lipinski definition) is 5. The molecule has 1 aromatic carbocycles. The van der Waals surface area contributed by atoms with Crippen LogP contribution in [0.1, 0.15) is 5.56 Å². The molecule has 0 atom stereocenters. The number of rotatable bonds is 3. The van der Waals surface area contributed by atoms with Crippen molar-refractivity contribution >= 4 is 35.0 Å². The van der Waals surface area contributed by atoms with Gasteiger partial charge in [0.05, 0.1) is 20.6 Å². The van der Waals surface area contributed by atoms with Gasteiger partial charge >= 0.3 is 17.8 Å². The fraction of sp³-hybridized carbons (Fsp3) is 0.267. The van der Waals surface area contributed by atoms with Gasteiger partial charge < -0.3 is 5.32 Å². The van der Waals surface area contributed by atoms with Crippen molar-refractivity contribution in [3.63, 3.8) is 0 Å². The Bertz CT molecular complexity index is 759. The predicted molar refractivity (Wildman–Crippen MR) is 83.9 cm³/mol. The lowest BCUT2D eigenvalue weighted by Crippen LogP contribution is -2.51. The van der Waals surface area contributed by atoms with E-state index >= 15 is 0 Å². The molecule has 112 valence electrons. The first kappa shape index (κ1) is 14.1. The van der Waals surface area contributed by atoms with E-state index in [1.165, 1.54) is 17.2 Å². The van der Waals surface area contributed by atoms with Crippen LogP contribution >= 0.6 is 0 Å². The van der Waals surface area contributed by atoms with Crippen molar-refractivity contribution in [3.05, 3.63) is 29.8 Å². The highest BCUT2D eigenvalue weighted by molar-refractivity contribution is 6.70. The summed E-state index contributed by atoms with van der Waals surface area (Å²) in [4.78, 5) is 33.5. The van der Waals surface area contributed by atoms with Crippen molar-refractivity contribution in [3.8, 4) is 0 Å². The van der Waals surface area contributed by atoms with Crippen LogP contribution in [0.15, 0.2) is 34.3 Å². The monoisotopic (exact) mass is 298 g/mol. The maximum atomic E-state index is 12.1. The summed E-state index contributed by atoms with van der Waals surface area (Å²) >= 11 is 0. The number of nitrogens with zero attached hydrogens (tertiary/aromatic N) is 4. The Morgan fingerprint density at radius 2 is 1.86 bits per heavy atom. The van der Waals surface area contributed by atoms with Gasteiger partial charge in [-0.15, -0.1) is 0 Å². The number of hydrogen-bond donors (Lipinski definition) is 1. The van der Waals surface area contributed by atoms with Gasteiger partial charge in [0.25, 0.3) is 0 Å². The molecule has 0 fully saturated rings. The molecule has 3 rings (SSSR count). The molecule has 0 saturated carbocycles. The van der Waals surface area contributed by atoms with Gasteiger partial charge in [0, 0.05) is 5.69 Å². The first-order valence-electron chi connectivity index (χ1n) is 6.87. The van der Waals surface area contributed by atoms with E-state index in [4.69, 9.17) is 0 Å². The Morgan fingerprint density at radius 3 is 2.55 bits per heavy atom. The third-order valence-corrected chi connectivity index (χ3v) is 3.59. The average Bonchev–Trinajstić information content (AvgIpc) is 2.95. The summed E-state index contributed by atoms with van der Waals surface area (Å²) in [6, 6.07) is 7.53. The van der Waals surface area contributed by atoms with Crippen LogP contribution < -0.4 is 5.32 Å². The first-order chi connectivity index (χ1) is 10.5. The summed E-state index contributed by atoms with van der Waals surface area (Å²) in [5.41, 5.74) is 2.34. The van der Waals surface area contributed by atoms with Crippen LogP contribution in [0, 0.1) is 6.92 Å². The van der Waals surface area contributed by atoms with E-state index in [2.05, 4.69) is 15.3 Å². The first-order valence-corrected chi connectivity index (χ1v) is 6.87. The third-order valence-electron chi connectivity index (χ3n) is 3.59. The highest BCUT2D eigenvalue weighted by Crippen LogP contribution is 2.12. The summed E-state index contributed by atoms with van der Waals surface area (Å²) in [7, 11) is 3.01. The minimum atomic E-state index is -0.424. The highest BCUT2D eigenvalue weighted by atomic mass is 16.2. The molecule has 1 N–H and O–H groups in total. The normalized spacial score (nSPS) is 17.5. The van der Waals surface area contributed by atoms with Gasteiger partial charge in [-0.05, 0) is 19.1 Å². The molecule has 2 aliphatic heterocycles. The molecule has 2 aliphatic rings. The number of amidine groups is 2. The van der Waals surface area contributed by atoms with Crippen LogP contribution in [0.25, 0.3) is 0 Å². The lowest BCUT2D eigenvalue weighted by molar-refractivity contribution is -0.401. The SMILES string of the molecule is Cc1ccc(NCC2=NC3=[N+](C)C(=O)N(C)C(=O)C3=N2)cc1. The number of carbonyl (C=O) groups is 2. The molecule has 3 amide bonds. The van der Waals surface area contributed by atoms with Crippen LogP contribution in [0.2, 0.25) is 0 Å². The van der Waals surface area contributed by atoms with Crippen molar-refractivity contribution in [1.29, 1.82) is 0 Å². The number of anilines is 1. The lowest BCUT2D eigenvalue weighted by atomic mass is 10.2. The molecule has 0 saturated heterocycles. The second kappa shape index (κ2) is 5.18. The summed E-state index contributed by atoms with van der Waals surface area (Å²) in [6.07, 6.45) is 0. The van der Waals surface area contributed by atoms with Crippen LogP contribution in [-0.2, 0) is 4.79 Å². The zero-order chi connectivity index (χ0) is 15.9. The van der Waals surface area contributed by atoms with E-state index in [0.717, 1.165) is 10.6 Å². The quantitative estimate of drug-likeness (QED) is 0.842. The molecule has 0 bridgehead atoms. The number of amides is 3. The van der Waals surface area contributed by atoms with E-state index in [-0.39, 0.29) is 5.71 Å². The number of aryl methyl sites for hydroxylation is 1. The minimum absolute atomic E-state index is 0.213. The number of urea groups is 1. The summed E-state index contributed by atoms with van der Waals surface area (Å²) in [6.45, 7) is 2.40. The molecule has 7 heteroatoms. The number of fused-ring (bicyclic) bond motifs is 1. The van der Waals surface area contributed by atoms with E-state index in [0.29, 0.717) is 18.2 Å². The van der Waals surface area contributed by atoms with Crippen molar-refractivity contribution < 1.29 is 14.2 Å². The van der Waals surface area contributed by atoms with Gasteiger partial charge in [-0.2, -0.15) is 9.48 Å². The number of benzene rings is 1. The maximum absolute atomic E-state index is 12.1. The van der Waals surface area contributed by atoms with E-state index in [1.807, 2.05) is 31.2 Å². The Balaban J connectivity index is 1.80. The molecule has 1 aromatic rings. The van der Waals surface area contributed by atoms with Crippen molar-refractivity contribution in [2.24, 2.45) is 9.98 Å². The maximum Gasteiger partial charge on any atom is 0.446 e. The van der Waals surface area contributed by atoms with Crippen molar-refractivity contribution in [2.45, 2.75) is 6.92 Å². The van der Waals surface area contributed by atoms with E-state index < -0.39 is 11.9 Å².